The number of hydrogen-bond donors (Lipinski definition) is 1. The van der Waals surface area contributed by atoms with Crippen molar-refractivity contribution in [3.8, 4) is 0 Å². The van der Waals surface area contributed by atoms with E-state index >= 15 is 0 Å². The SMILES string of the molecule is CCN(C(=O)c1cc2sccc2s1)C1CCNCC1. The van der Waals surface area contributed by atoms with E-state index in [1.165, 1.54) is 9.40 Å². The fourth-order valence-electron chi connectivity index (χ4n) is 2.70. The zero-order valence-electron chi connectivity index (χ0n) is 11.0. The van der Waals surface area contributed by atoms with E-state index in [1.807, 2.05) is 0 Å². The lowest BCUT2D eigenvalue weighted by Gasteiger charge is -2.33. The summed E-state index contributed by atoms with van der Waals surface area (Å²) < 4.78 is 2.46. The number of nitrogens with zero attached hydrogens (tertiary/aromatic N) is 1. The van der Waals surface area contributed by atoms with Gasteiger partial charge in [0.2, 0.25) is 0 Å². The first-order valence-electron chi connectivity index (χ1n) is 6.78. The van der Waals surface area contributed by atoms with Gasteiger partial charge < -0.3 is 10.2 Å². The molecule has 1 fully saturated rings. The molecule has 0 bridgehead atoms. The molecule has 0 atom stereocenters. The molecule has 3 rings (SSSR count). The van der Waals surface area contributed by atoms with Gasteiger partial charge in [0.25, 0.3) is 5.91 Å². The molecular formula is C14H18N2OS2. The average molecular weight is 294 g/mol. The summed E-state index contributed by atoms with van der Waals surface area (Å²) in [4.78, 5) is 15.6. The van der Waals surface area contributed by atoms with Gasteiger partial charge in [-0.05, 0) is 50.4 Å². The Hall–Kier alpha value is -0.910. The highest BCUT2D eigenvalue weighted by Crippen LogP contribution is 2.31. The maximum Gasteiger partial charge on any atom is 0.264 e. The number of piperidine rings is 1. The second kappa shape index (κ2) is 5.61. The van der Waals surface area contributed by atoms with Crippen LogP contribution in [-0.4, -0.2) is 36.5 Å². The second-order valence-electron chi connectivity index (χ2n) is 4.83. The molecule has 5 heteroatoms. The molecule has 1 amide bonds. The number of fused-ring (bicyclic) bond motifs is 1. The molecule has 0 aromatic carbocycles. The van der Waals surface area contributed by atoms with Crippen molar-refractivity contribution in [2.24, 2.45) is 0 Å². The summed E-state index contributed by atoms with van der Waals surface area (Å²) in [5.74, 6) is 0.211. The van der Waals surface area contributed by atoms with E-state index in [0.29, 0.717) is 6.04 Å². The van der Waals surface area contributed by atoms with Gasteiger partial charge in [-0.2, -0.15) is 0 Å². The first-order chi connectivity index (χ1) is 9.29. The molecule has 102 valence electrons. The molecule has 1 N–H and O–H groups in total. The van der Waals surface area contributed by atoms with Gasteiger partial charge in [0.15, 0.2) is 0 Å². The maximum absolute atomic E-state index is 12.7. The Kier molecular flexibility index (Phi) is 3.86. The first-order valence-corrected chi connectivity index (χ1v) is 8.48. The van der Waals surface area contributed by atoms with Gasteiger partial charge in [-0.1, -0.05) is 0 Å². The van der Waals surface area contributed by atoms with Gasteiger partial charge in [0, 0.05) is 22.0 Å². The minimum absolute atomic E-state index is 0.211. The predicted octanol–water partition coefficient (Wildman–Crippen LogP) is 3.18. The molecule has 0 spiro atoms. The summed E-state index contributed by atoms with van der Waals surface area (Å²) in [6, 6.07) is 4.55. The maximum atomic E-state index is 12.7. The van der Waals surface area contributed by atoms with E-state index in [0.717, 1.165) is 37.4 Å². The van der Waals surface area contributed by atoms with E-state index in [4.69, 9.17) is 0 Å². The second-order valence-corrected chi connectivity index (χ2v) is 6.86. The van der Waals surface area contributed by atoms with Crippen LogP contribution in [0.25, 0.3) is 9.40 Å². The standard InChI is InChI=1S/C14H18N2OS2/c1-2-16(10-3-6-15-7-4-10)14(17)13-9-12-11(19-13)5-8-18-12/h5,8-10,15H,2-4,6-7H2,1H3. The molecule has 1 aliphatic heterocycles. The van der Waals surface area contributed by atoms with Crippen molar-refractivity contribution in [2.45, 2.75) is 25.8 Å². The number of thiophene rings is 2. The van der Waals surface area contributed by atoms with Crippen LogP contribution in [-0.2, 0) is 0 Å². The number of amides is 1. The molecule has 2 aromatic rings. The van der Waals surface area contributed by atoms with Crippen molar-refractivity contribution in [3.05, 3.63) is 22.4 Å². The molecule has 19 heavy (non-hydrogen) atoms. The Labute approximate surface area is 121 Å². The van der Waals surface area contributed by atoms with Crippen LogP contribution < -0.4 is 5.32 Å². The van der Waals surface area contributed by atoms with Crippen LogP contribution in [0.4, 0.5) is 0 Å². The molecule has 1 aliphatic rings. The summed E-state index contributed by atoms with van der Waals surface area (Å²) in [5, 5.41) is 5.44. The number of hydrogen-bond acceptors (Lipinski definition) is 4. The third-order valence-corrected chi connectivity index (χ3v) is 5.78. The Balaban J connectivity index is 1.82. The molecule has 1 saturated heterocycles. The molecule has 0 unspecified atom stereocenters. The highest BCUT2D eigenvalue weighted by Gasteiger charge is 2.26. The smallest absolute Gasteiger partial charge is 0.264 e. The Morgan fingerprint density at radius 1 is 1.42 bits per heavy atom. The van der Waals surface area contributed by atoms with Gasteiger partial charge in [-0.3, -0.25) is 4.79 Å². The van der Waals surface area contributed by atoms with Crippen molar-refractivity contribution < 1.29 is 4.79 Å². The third-order valence-electron chi connectivity index (χ3n) is 3.70. The van der Waals surface area contributed by atoms with Crippen molar-refractivity contribution in [3.63, 3.8) is 0 Å². The van der Waals surface area contributed by atoms with Gasteiger partial charge in [0.1, 0.15) is 0 Å². The Morgan fingerprint density at radius 2 is 2.21 bits per heavy atom. The molecule has 0 aliphatic carbocycles. The minimum atomic E-state index is 0.211. The largest absolute Gasteiger partial charge is 0.335 e. The number of carbonyl (C=O) groups is 1. The van der Waals surface area contributed by atoms with Crippen LogP contribution >= 0.6 is 22.7 Å². The normalized spacial score (nSPS) is 16.9. The van der Waals surface area contributed by atoms with Crippen LogP contribution in [0.5, 0.6) is 0 Å². The monoisotopic (exact) mass is 294 g/mol. The van der Waals surface area contributed by atoms with Crippen LogP contribution in [0.2, 0.25) is 0 Å². The van der Waals surface area contributed by atoms with E-state index in [9.17, 15) is 4.79 Å². The zero-order chi connectivity index (χ0) is 13.2. The summed E-state index contributed by atoms with van der Waals surface area (Å²) in [6.07, 6.45) is 2.14. The summed E-state index contributed by atoms with van der Waals surface area (Å²) in [7, 11) is 0. The van der Waals surface area contributed by atoms with E-state index < -0.39 is 0 Å². The van der Waals surface area contributed by atoms with E-state index in [2.05, 4.69) is 34.7 Å². The zero-order valence-corrected chi connectivity index (χ0v) is 12.6. The van der Waals surface area contributed by atoms with Gasteiger partial charge in [0.05, 0.1) is 4.88 Å². The fraction of sp³-hybridized carbons (Fsp3) is 0.500. The molecule has 2 aromatic heterocycles. The van der Waals surface area contributed by atoms with Crippen molar-refractivity contribution in [1.29, 1.82) is 0 Å². The Bertz CT molecular complexity index is 540. The highest BCUT2D eigenvalue weighted by molar-refractivity contribution is 7.27. The summed E-state index contributed by atoms with van der Waals surface area (Å²) in [5.41, 5.74) is 0. The summed E-state index contributed by atoms with van der Waals surface area (Å²) in [6.45, 7) is 4.92. The number of nitrogens with one attached hydrogen (secondary N) is 1. The fourth-order valence-corrected chi connectivity index (χ4v) is 4.76. The third kappa shape index (κ3) is 2.55. The van der Waals surface area contributed by atoms with E-state index in [1.54, 1.807) is 22.7 Å². The van der Waals surface area contributed by atoms with Crippen molar-refractivity contribution in [1.82, 2.24) is 10.2 Å². The lowest BCUT2D eigenvalue weighted by atomic mass is 10.0. The minimum Gasteiger partial charge on any atom is -0.335 e. The van der Waals surface area contributed by atoms with Gasteiger partial charge >= 0.3 is 0 Å². The van der Waals surface area contributed by atoms with E-state index in [-0.39, 0.29) is 5.91 Å². The topological polar surface area (TPSA) is 32.3 Å². The van der Waals surface area contributed by atoms with Crippen molar-refractivity contribution in [2.75, 3.05) is 19.6 Å². The van der Waals surface area contributed by atoms with Crippen LogP contribution in [0.3, 0.4) is 0 Å². The quantitative estimate of drug-likeness (QED) is 0.943. The van der Waals surface area contributed by atoms with Crippen LogP contribution in [0, 0.1) is 0 Å². The molecule has 3 nitrogen and oxygen atoms in total. The molecule has 3 heterocycles. The lowest BCUT2D eigenvalue weighted by Crippen LogP contribution is -2.45. The first kappa shape index (κ1) is 13.1. The molecular weight excluding hydrogens is 276 g/mol. The predicted molar refractivity (Wildman–Crippen MR) is 82.3 cm³/mol. The van der Waals surface area contributed by atoms with Crippen LogP contribution in [0.1, 0.15) is 29.4 Å². The molecule has 0 radical (unpaired) electrons. The summed E-state index contributed by atoms with van der Waals surface area (Å²) >= 11 is 3.33. The van der Waals surface area contributed by atoms with Gasteiger partial charge in [-0.25, -0.2) is 0 Å². The van der Waals surface area contributed by atoms with Gasteiger partial charge in [-0.15, -0.1) is 22.7 Å². The number of carbonyl (C=O) groups excluding carboxylic acids is 1. The highest BCUT2D eigenvalue weighted by atomic mass is 32.1. The lowest BCUT2D eigenvalue weighted by molar-refractivity contribution is 0.0661. The Morgan fingerprint density at radius 3 is 2.89 bits per heavy atom. The number of rotatable bonds is 3. The van der Waals surface area contributed by atoms with Crippen molar-refractivity contribution >= 4 is 38.0 Å². The molecule has 0 saturated carbocycles. The van der Waals surface area contributed by atoms with Crippen LogP contribution in [0.15, 0.2) is 17.5 Å². The average Bonchev–Trinajstić information content (AvgIpc) is 3.01.